The van der Waals surface area contributed by atoms with E-state index < -0.39 is 0 Å². The van der Waals surface area contributed by atoms with Crippen molar-refractivity contribution in [2.75, 3.05) is 5.32 Å². The summed E-state index contributed by atoms with van der Waals surface area (Å²) in [6.07, 6.45) is 2.46. The Hall–Kier alpha value is -2.28. The van der Waals surface area contributed by atoms with Gasteiger partial charge in [0.15, 0.2) is 0 Å². The minimum atomic E-state index is -0.357. The summed E-state index contributed by atoms with van der Waals surface area (Å²) in [6.45, 7) is 1.44. The molecule has 1 heterocycles. The summed E-state index contributed by atoms with van der Waals surface area (Å²) in [5, 5.41) is 15.2. The zero-order chi connectivity index (χ0) is 16.2. The molecule has 1 aromatic heterocycles. The Kier molecular flexibility index (Phi) is 4.66. The van der Waals surface area contributed by atoms with Gasteiger partial charge in [0.05, 0.1) is 12.5 Å². The molecule has 1 unspecified atom stereocenters. The molecular formula is C16H18N4O2S. The van der Waals surface area contributed by atoms with Crippen LogP contribution >= 0.6 is 11.3 Å². The van der Waals surface area contributed by atoms with Crippen LogP contribution < -0.4 is 10.6 Å². The summed E-state index contributed by atoms with van der Waals surface area (Å²) in [7, 11) is 0. The molecule has 1 atom stereocenters. The van der Waals surface area contributed by atoms with Crippen LogP contribution in [-0.4, -0.2) is 22.0 Å². The fraction of sp³-hybridized carbons (Fsp3) is 0.375. The van der Waals surface area contributed by atoms with Crippen LogP contribution in [0, 0.1) is 0 Å². The van der Waals surface area contributed by atoms with Crippen molar-refractivity contribution >= 4 is 28.3 Å². The van der Waals surface area contributed by atoms with E-state index in [1.807, 2.05) is 30.3 Å². The smallest absolute Gasteiger partial charge is 0.228 e. The van der Waals surface area contributed by atoms with Crippen molar-refractivity contribution in [1.82, 2.24) is 15.5 Å². The second-order valence-electron chi connectivity index (χ2n) is 5.64. The molecule has 3 rings (SSSR count). The normalized spacial score (nSPS) is 15.0. The van der Waals surface area contributed by atoms with Crippen molar-refractivity contribution in [2.24, 2.45) is 0 Å². The van der Waals surface area contributed by atoms with Crippen LogP contribution in [0.25, 0.3) is 0 Å². The summed E-state index contributed by atoms with van der Waals surface area (Å²) in [5.74, 6) is 0.166. The molecule has 6 nitrogen and oxygen atoms in total. The van der Waals surface area contributed by atoms with Gasteiger partial charge in [0.1, 0.15) is 5.01 Å². The monoisotopic (exact) mass is 330 g/mol. The molecule has 2 N–H and O–H groups in total. The first-order valence-corrected chi connectivity index (χ1v) is 8.39. The molecule has 2 amide bonds. The van der Waals surface area contributed by atoms with Crippen LogP contribution in [-0.2, 0) is 9.59 Å². The molecule has 0 saturated heterocycles. The maximum absolute atomic E-state index is 12.2. The van der Waals surface area contributed by atoms with Gasteiger partial charge < -0.3 is 10.6 Å². The highest BCUT2D eigenvalue weighted by Crippen LogP contribution is 2.42. The molecule has 7 heteroatoms. The minimum Gasteiger partial charge on any atom is -0.349 e. The van der Waals surface area contributed by atoms with E-state index in [1.54, 1.807) is 0 Å². The maximum Gasteiger partial charge on any atom is 0.228 e. The van der Waals surface area contributed by atoms with Gasteiger partial charge in [-0.15, -0.1) is 10.2 Å². The lowest BCUT2D eigenvalue weighted by Crippen LogP contribution is -2.29. The van der Waals surface area contributed by atoms with Gasteiger partial charge in [-0.05, 0) is 18.4 Å². The summed E-state index contributed by atoms with van der Waals surface area (Å²) < 4.78 is 0. The Bertz CT molecular complexity index is 697. The van der Waals surface area contributed by atoms with E-state index in [-0.39, 0.29) is 24.3 Å². The molecule has 1 aliphatic rings. The van der Waals surface area contributed by atoms with E-state index in [4.69, 9.17) is 0 Å². The third-order valence-electron chi connectivity index (χ3n) is 3.58. The third kappa shape index (κ3) is 4.35. The van der Waals surface area contributed by atoms with E-state index >= 15 is 0 Å². The minimum absolute atomic E-state index is 0.155. The van der Waals surface area contributed by atoms with E-state index in [2.05, 4.69) is 20.8 Å². The van der Waals surface area contributed by atoms with Crippen molar-refractivity contribution in [3.8, 4) is 0 Å². The van der Waals surface area contributed by atoms with Crippen molar-refractivity contribution in [3.63, 3.8) is 0 Å². The van der Waals surface area contributed by atoms with E-state index in [9.17, 15) is 9.59 Å². The molecule has 0 spiro atoms. The number of nitrogens with one attached hydrogen (secondary N) is 2. The highest BCUT2D eigenvalue weighted by atomic mass is 32.1. The molecule has 0 aliphatic heterocycles. The van der Waals surface area contributed by atoms with E-state index in [0.29, 0.717) is 11.0 Å². The molecular weight excluding hydrogens is 312 g/mol. The predicted molar refractivity (Wildman–Crippen MR) is 88.1 cm³/mol. The van der Waals surface area contributed by atoms with E-state index in [0.717, 1.165) is 23.4 Å². The molecule has 0 bridgehead atoms. The molecule has 1 aromatic carbocycles. The first kappa shape index (κ1) is 15.6. The molecule has 120 valence electrons. The van der Waals surface area contributed by atoms with Gasteiger partial charge in [-0.1, -0.05) is 41.7 Å². The second-order valence-corrected chi connectivity index (χ2v) is 6.64. The molecule has 1 aliphatic carbocycles. The number of benzene rings is 1. The highest BCUT2D eigenvalue weighted by Gasteiger charge is 2.28. The second kappa shape index (κ2) is 6.87. The summed E-state index contributed by atoms with van der Waals surface area (Å²) in [6, 6.07) is 9.09. The molecule has 1 saturated carbocycles. The maximum atomic E-state index is 12.2. The quantitative estimate of drug-likeness (QED) is 0.853. The predicted octanol–water partition coefficient (Wildman–Crippen LogP) is 2.62. The number of hydrogen-bond donors (Lipinski definition) is 2. The van der Waals surface area contributed by atoms with E-state index in [1.165, 1.54) is 18.3 Å². The van der Waals surface area contributed by atoms with Crippen LogP contribution in [0.2, 0.25) is 0 Å². The Morgan fingerprint density at radius 2 is 2.00 bits per heavy atom. The van der Waals surface area contributed by atoms with Crippen molar-refractivity contribution in [1.29, 1.82) is 0 Å². The van der Waals surface area contributed by atoms with Gasteiger partial charge in [-0.2, -0.15) is 0 Å². The fourth-order valence-electron chi connectivity index (χ4n) is 2.32. The largest absolute Gasteiger partial charge is 0.349 e. The zero-order valence-electron chi connectivity index (χ0n) is 12.8. The zero-order valence-corrected chi connectivity index (χ0v) is 13.6. The van der Waals surface area contributed by atoms with Crippen LogP contribution in [0.4, 0.5) is 5.13 Å². The first-order chi connectivity index (χ1) is 11.1. The fourth-order valence-corrected chi connectivity index (χ4v) is 3.25. The lowest BCUT2D eigenvalue weighted by Gasteiger charge is -2.17. The summed E-state index contributed by atoms with van der Waals surface area (Å²) in [4.78, 5) is 23.6. The lowest BCUT2D eigenvalue weighted by atomic mass is 10.0. The van der Waals surface area contributed by atoms with Gasteiger partial charge in [0.2, 0.25) is 16.9 Å². The number of rotatable bonds is 6. The van der Waals surface area contributed by atoms with Crippen LogP contribution in [0.5, 0.6) is 0 Å². The van der Waals surface area contributed by atoms with Gasteiger partial charge in [-0.25, -0.2) is 0 Å². The number of nitrogens with zero attached hydrogens (tertiary/aromatic N) is 2. The number of carbonyl (C=O) groups is 2. The molecule has 2 aromatic rings. The number of aromatic nitrogens is 2. The SMILES string of the molecule is CC(=O)NC(CC(=O)Nc1nnc(C2CC2)s1)c1ccccc1. The summed E-state index contributed by atoms with van der Waals surface area (Å²) in [5.41, 5.74) is 0.897. The molecule has 1 fully saturated rings. The number of anilines is 1. The third-order valence-corrected chi connectivity index (χ3v) is 4.58. The lowest BCUT2D eigenvalue weighted by molar-refractivity contribution is -0.120. The standard InChI is InChI=1S/C16H18N4O2S/c1-10(21)17-13(11-5-3-2-4-6-11)9-14(22)18-16-20-19-15(23-16)12-7-8-12/h2-6,12-13H,7-9H2,1H3,(H,17,21)(H,18,20,22). The van der Waals surface area contributed by atoms with Crippen molar-refractivity contribution in [2.45, 2.75) is 38.1 Å². The average Bonchev–Trinajstić information content (AvgIpc) is 3.27. The summed E-state index contributed by atoms with van der Waals surface area (Å²) >= 11 is 1.43. The number of hydrogen-bond acceptors (Lipinski definition) is 5. The molecule has 23 heavy (non-hydrogen) atoms. The highest BCUT2D eigenvalue weighted by molar-refractivity contribution is 7.15. The van der Waals surface area contributed by atoms with Gasteiger partial charge in [0.25, 0.3) is 0 Å². The van der Waals surface area contributed by atoms with Crippen molar-refractivity contribution in [3.05, 3.63) is 40.9 Å². The van der Waals surface area contributed by atoms with Gasteiger partial charge in [-0.3, -0.25) is 9.59 Å². The number of amides is 2. The average molecular weight is 330 g/mol. The first-order valence-electron chi connectivity index (χ1n) is 7.57. The molecule has 0 radical (unpaired) electrons. The van der Waals surface area contributed by atoms with Gasteiger partial charge >= 0.3 is 0 Å². The Morgan fingerprint density at radius 1 is 1.26 bits per heavy atom. The van der Waals surface area contributed by atoms with Crippen LogP contribution in [0.3, 0.4) is 0 Å². The van der Waals surface area contributed by atoms with Crippen LogP contribution in [0.15, 0.2) is 30.3 Å². The van der Waals surface area contributed by atoms with Crippen LogP contribution in [0.1, 0.15) is 48.7 Å². The van der Waals surface area contributed by atoms with Gasteiger partial charge in [0, 0.05) is 12.8 Å². The number of carbonyl (C=O) groups excluding carboxylic acids is 2. The van der Waals surface area contributed by atoms with Crippen molar-refractivity contribution < 1.29 is 9.59 Å². The Balaban J connectivity index is 1.63. The Labute approximate surface area is 138 Å². The topological polar surface area (TPSA) is 84.0 Å². The Morgan fingerprint density at radius 3 is 2.65 bits per heavy atom.